The van der Waals surface area contributed by atoms with Crippen LogP contribution in [0.15, 0.2) is 24.3 Å². The summed E-state index contributed by atoms with van der Waals surface area (Å²) >= 11 is 0. The molecular weight excluding hydrogens is 1250 g/mol. The summed E-state index contributed by atoms with van der Waals surface area (Å²) in [5.41, 5.74) is 0. The second kappa shape index (κ2) is 66.1. The Balaban J connectivity index is 5.22. The zero-order valence-corrected chi connectivity index (χ0v) is 63.4. The number of aliphatic hydroxyl groups is 1. The first-order valence-corrected chi connectivity index (χ1v) is 41.7. The Kier molecular flexibility index (Phi) is 64.4. The zero-order valence-electron chi connectivity index (χ0n) is 61.6. The molecule has 0 radical (unpaired) electrons. The molecule has 19 heteroatoms. The van der Waals surface area contributed by atoms with Crippen molar-refractivity contribution < 1.29 is 80.2 Å². The van der Waals surface area contributed by atoms with Gasteiger partial charge >= 0.3 is 39.5 Å². The van der Waals surface area contributed by atoms with E-state index in [0.29, 0.717) is 37.5 Å². The molecule has 0 aromatic rings. The first kappa shape index (κ1) is 92.5. The Bertz CT molecular complexity index is 1950. The summed E-state index contributed by atoms with van der Waals surface area (Å²) in [7, 11) is -9.92. The number of allylic oxidation sites excluding steroid dienone is 4. The molecule has 0 rings (SSSR count). The highest BCUT2D eigenvalue weighted by Gasteiger charge is 2.30. The van der Waals surface area contributed by atoms with Crippen LogP contribution in [0.25, 0.3) is 0 Å². The van der Waals surface area contributed by atoms with Crippen molar-refractivity contribution in [3.05, 3.63) is 24.3 Å². The van der Waals surface area contributed by atoms with E-state index in [2.05, 4.69) is 72.8 Å². The van der Waals surface area contributed by atoms with E-state index >= 15 is 0 Å². The van der Waals surface area contributed by atoms with Crippen LogP contribution in [-0.4, -0.2) is 96.7 Å². The van der Waals surface area contributed by atoms with Crippen molar-refractivity contribution in [2.24, 2.45) is 17.8 Å². The number of phosphoric ester groups is 2. The molecule has 0 saturated heterocycles. The minimum atomic E-state index is -4.96. The lowest BCUT2D eigenvalue weighted by molar-refractivity contribution is -0.161. The van der Waals surface area contributed by atoms with Crippen molar-refractivity contribution in [3.63, 3.8) is 0 Å². The van der Waals surface area contributed by atoms with Crippen molar-refractivity contribution in [1.29, 1.82) is 0 Å². The third kappa shape index (κ3) is 69.8. The van der Waals surface area contributed by atoms with Gasteiger partial charge in [-0.05, 0) is 69.1 Å². The molecule has 0 bridgehead atoms. The molecule has 0 aromatic heterocycles. The molecule has 95 heavy (non-hydrogen) atoms. The standard InChI is InChI=1S/C76H144O17P2/c1-8-9-10-11-12-13-14-15-20-24-27-30-35-43-50-57-73(78)86-63-71(92-75(80)59-52-45-36-31-28-25-22-19-17-16-18-21-23-26-29-33-40-47-54-67(2)3)65-90-94(82,83)88-61-70(77)62-89-95(84,85)91-66-72(64-87-74(79)58-51-44-39-38-42-49-56-69(6)7)93-76(81)60-53-46-37-32-34-41-48-55-68(4)5/h13-15,20,67-72,77H,8-12,16-19,21-66H2,1-7H3,(H,82,83)(H,84,85)/b14-13-,20-15-/t70-,71-,72-/m1/s1. The van der Waals surface area contributed by atoms with E-state index in [9.17, 15) is 43.2 Å². The van der Waals surface area contributed by atoms with Crippen molar-refractivity contribution >= 4 is 39.5 Å². The summed E-state index contributed by atoms with van der Waals surface area (Å²) in [6.07, 6.45) is 55.4. The van der Waals surface area contributed by atoms with Crippen LogP contribution in [0.4, 0.5) is 0 Å². The lowest BCUT2D eigenvalue weighted by Crippen LogP contribution is -2.30. The average molecular weight is 1390 g/mol. The fourth-order valence-corrected chi connectivity index (χ4v) is 12.6. The molecule has 560 valence electrons. The summed E-state index contributed by atoms with van der Waals surface area (Å²) in [5.74, 6) is 0.0363. The highest BCUT2D eigenvalue weighted by Crippen LogP contribution is 2.45. The third-order valence-corrected chi connectivity index (χ3v) is 18.9. The maximum absolute atomic E-state index is 13.1. The van der Waals surface area contributed by atoms with Gasteiger partial charge in [-0.15, -0.1) is 0 Å². The second-order valence-electron chi connectivity index (χ2n) is 28.1. The van der Waals surface area contributed by atoms with E-state index in [1.807, 2.05) is 0 Å². The second-order valence-corrected chi connectivity index (χ2v) is 31.0. The van der Waals surface area contributed by atoms with Gasteiger partial charge in [0.25, 0.3) is 0 Å². The molecule has 2 unspecified atom stereocenters. The van der Waals surface area contributed by atoms with E-state index in [4.69, 9.17) is 37.0 Å². The molecular formula is C76H144O17P2. The Hall–Kier alpha value is -2.46. The van der Waals surface area contributed by atoms with Gasteiger partial charge in [0, 0.05) is 25.7 Å². The topological polar surface area (TPSA) is 237 Å². The molecule has 0 aliphatic heterocycles. The molecule has 0 aromatic carbocycles. The molecule has 17 nitrogen and oxygen atoms in total. The highest BCUT2D eigenvalue weighted by atomic mass is 31.2. The number of hydrogen-bond acceptors (Lipinski definition) is 15. The van der Waals surface area contributed by atoms with Gasteiger partial charge in [0.2, 0.25) is 0 Å². The van der Waals surface area contributed by atoms with Crippen LogP contribution in [0.5, 0.6) is 0 Å². The van der Waals surface area contributed by atoms with Crippen LogP contribution in [0, 0.1) is 17.8 Å². The summed E-state index contributed by atoms with van der Waals surface area (Å²) in [6.45, 7) is 11.7. The molecule has 0 spiro atoms. The summed E-state index contributed by atoms with van der Waals surface area (Å²) in [6, 6.07) is 0. The molecule has 0 heterocycles. The fourth-order valence-electron chi connectivity index (χ4n) is 11.1. The van der Waals surface area contributed by atoms with Gasteiger partial charge in [-0.25, -0.2) is 9.13 Å². The van der Waals surface area contributed by atoms with Crippen LogP contribution >= 0.6 is 15.6 Å². The zero-order chi connectivity index (χ0) is 70.1. The summed E-state index contributed by atoms with van der Waals surface area (Å²) < 4.78 is 68.4. The highest BCUT2D eigenvalue weighted by molar-refractivity contribution is 7.47. The Morgan fingerprint density at radius 3 is 0.853 bits per heavy atom. The monoisotopic (exact) mass is 1390 g/mol. The Morgan fingerprint density at radius 2 is 0.568 bits per heavy atom. The summed E-state index contributed by atoms with van der Waals surface area (Å²) in [5, 5.41) is 10.6. The lowest BCUT2D eigenvalue weighted by Gasteiger charge is -2.21. The van der Waals surface area contributed by atoms with E-state index in [-0.39, 0.29) is 25.7 Å². The van der Waals surface area contributed by atoms with Crippen LogP contribution in [0.2, 0.25) is 0 Å². The maximum Gasteiger partial charge on any atom is 0.472 e. The molecule has 5 atom stereocenters. The molecule has 0 aliphatic carbocycles. The lowest BCUT2D eigenvalue weighted by atomic mass is 10.0. The minimum absolute atomic E-state index is 0.0999. The number of unbranched alkanes of at least 4 members (excludes halogenated alkanes) is 37. The number of phosphoric acid groups is 2. The van der Waals surface area contributed by atoms with E-state index < -0.39 is 97.5 Å². The predicted molar refractivity (Wildman–Crippen MR) is 386 cm³/mol. The first-order valence-electron chi connectivity index (χ1n) is 38.7. The number of carbonyl (C=O) groups excluding carboxylic acids is 4. The van der Waals surface area contributed by atoms with Crippen molar-refractivity contribution in [2.75, 3.05) is 39.6 Å². The number of rotatable bonds is 72. The minimum Gasteiger partial charge on any atom is -0.462 e. The van der Waals surface area contributed by atoms with E-state index in [0.717, 1.165) is 121 Å². The van der Waals surface area contributed by atoms with E-state index in [1.54, 1.807) is 0 Å². The molecule has 0 amide bonds. The Labute approximate surface area is 580 Å². The smallest absolute Gasteiger partial charge is 0.462 e. The normalized spacial score (nSPS) is 14.2. The fraction of sp³-hybridized carbons (Fsp3) is 0.895. The number of carbonyl (C=O) groups is 4. The van der Waals surface area contributed by atoms with Gasteiger partial charge in [-0.3, -0.25) is 37.3 Å². The number of aliphatic hydroxyl groups excluding tert-OH is 1. The molecule has 0 aliphatic rings. The number of hydrogen-bond donors (Lipinski definition) is 3. The summed E-state index contributed by atoms with van der Waals surface area (Å²) in [4.78, 5) is 72.7. The predicted octanol–water partition coefficient (Wildman–Crippen LogP) is 21.7. The molecule has 3 N–H and O–H groups in total. The van der Waals surface area contributed by atoms with Crippen LogP contribution in [0.1, 0.15) is 363 Å². The number of esters is 4. The van der Waals surface area contributed by atoms with Gasteiger partial charge in [-0.1, -0.05) is 310 Å². The first-order chi connectivity index (χ1) is 45.7. The molecule has 0 fully saturated rings. The van der Waals surface area contributed by atoms with E-state index in [1.165, 1.54) is 148 Å². The van der Waals surface area contributed by atoms with Gasteiger partial charge < -0.3 is 33.8 Å². The Morgan fingerprint density at radius 1 is 0.326 bits per heavy atom. The van der Waals surface area contributed by atoms with Crippen LogP contribution in [0.3, 0.4) is 0 Å². The largest absolute Gasteiger partial charge is 0.472 e. The van der Waals surface area contributed by atoms with Gasteiger partial charge in [0.05, 0.1) is 26.4 Å². The van der Waals surface area contributed by atoms with Crippen molar-refractivity contribution in [3.8, 4) is 0 Å². The average Bonchev–Trinajstić information content (AvgIpc) is 1.40. The SMILES string of the molecule is CCCCCC/C=C\C=C/CCCCCCCC(=O)OC[C@H](COP(=O)(O)OC[C@@H](O)COP(=O)(O)OC[C@@H](COC(=O)CCCCCCCCC(C)C)OC(=O)CCCCCCCCCC(C)C)OC(=O)CCCCCCCCCCCCCCCCCCCCC(C)C. The third-order valence-electron chi connectivity index (χ3n) is 17.0. The van der Waals surface area contributed by atoms with Gasteiger partial charge in [0.1, 0.15) is 19.3 Å². The quantitative estimate of drug-likeness (QED) is 0.0169. The maximum atomic E-state index is 13.1. The number of ether oxygens (including phenoxy) is 4. The van der Waals surface area contributed by atoms with Crippen molar-refractivity contribution in [1.82, 2.24) is 0 Å². The van der Waals surface area contributed by atoms with Crippen molar-refractivity contribution in [2.45, 2.75) is 381 Å². The van der Waals surface area contributed by atoms with Gasteiger partial charge in [0.15, 0.2) is 12.2 Å². The van der Waals surface area contributed by atoms with Crippen LogP contribution in [-0.2, 0) is 65.4 Å². The molecule has 0 saturated carbocycles. The van der Waals surface area contributed by atoms with Gasteiger partial charge in [-0.2, -0.15) is 0 Å². The van der Waals surface area contributed by atoms with Crippen LogP contribution < -0.4 is 0 Å².